The van der Waals surface area contributed by atoms with Crippen LogP contribution >= 0.6 is 0 Å². The lowest BCUT2D eigenvalue weighted by Crippen LogP contribution is -2.49. The highest BCUT2D eigenvalue weighted by Gasteiger charge is 2.30. The van der Waals surface area contributed by atoms with E-state index < -0.39 is 0 Å². The molecule has 2 rings (SSSR count). The Bertz CT molecular complexity index is 236. The van der Waals surface area contributed by atoms with Gasteiger partial charge in [-0.25, -0.2) is 0 Å². The highest BCUT2D eigenvalue weighted by Crippen LogP contribution is 2.16. The van der Waals surface area contributed by atoms with E-state index >= 15 is 0 Å². The summed E-state index contributed by atoms with van der Waals surface area (Å²) in [6, 6.07) is 0. The molecule has 1 saturated heterocycles. The van der Waals surface area contributed by atoms with E-state index in [1.807, 2.05) is 0 Å². The molecule has 1 unspecified atom stereocenters. The fourth-order valence-corrected chi connectivity index (χ4v) is 1.77. The standard InChI is InChI=1S/C8H13N3O/c1-11-3-2-6-7(4-11)9-5-10-8(6)12/h6H,2-5H2,1H3,(H,10,12). The molecule has 0 saturated carbocycles. The van der Waals surface area contributed by atoms with Gasteiger partial charge in [0, 0.05) is 12.3 Å². The van der Waals surface area contributed by atoms with Crippen molar-refractivity contribution in [3.05, 3.63) is 0 Å². The van der Waals surface area contributed by atoms with Gasteiger partial charge in [0.05, 0.1) is 5.92 Å². The molecule has 1 atom stereocenters. The lowest BCUT2D eigenvalue weighted by atomic mass is 9.93. The van der Waals surface area contributed by atoms with E-state index in [0.29, 0.717) is 6.67 Å². The smallest absolute Gasteiger partial charge is 0.230 e. The van der Waals surface area contributed by atoms with Crippen LogP contribution in [0.4, 0.5) is 0 Å². The fraction of sp³-hybridized carbons (Fsp3) is 0.750. The van der Waals surface area contributed by atoms with Crippen LogP contribution in [0.5, 0.6) is 0 Å². The molecule has 0 bridgehead atoms. The number of carbonyl (C=O) groups excluding carboxylic acids is 1. The molecule has 1 amide bonds. The molecule has 2 aliphatic heterocycles. The van der Waals surface area contributed by atoms with Crippen molar-refractivity contribution in [2.24, 2.45) is 10.9 Å². The molecular formula is C8H13N3O. The Labute approximate surface area is 71.6 Å². The third-order valence-electron chi connectivity index (χ3n) is 2.49. The number of nitrogens with one attached hydrogen (secondary N) is 1. The number of likely N-dealkylation sites (tertiary alicyclic amines) is 1. The van der Waals surface area contributed by atoms with Gasteiger partial charge in [0.15, 0.2) is 0 Å². The molecule has 12 heavy (non-hydrogen) atoms. The van der Waals surface area contributed by atoms with Crippen LogP contribution in [0.15, 0.2) is 4.99 Å². The highest BCUT2D eigenvalue weighted by atomic mass is 16.2. The van der Waals surface area contributed by atoms with Crippen LogP contribution in [0.25, 0.3) is 0 Å². The average molecular weight is 167 g/mol. The van der Waals surface area contributed by atoms with Crippen LogP contribution in [0.3, 0.4) is 0 Å². The molecular weight excluding hydrogens is 154 g/mol. The molecule has 66 valence electrons. The predicted octanol–water partition coefficient (Wildman–Crippen LogP) is -0.534. The Hall–Kier alpha value is -0.900. The Balaban J connectivity index is 2.17. The van der Waals surface area contributed by atoms with Crippen LogP contribution in [0.1, 0.15) is 6.42 Å². The number of amides is 1. The summed E-state index contributed by atoms with van der Waals surface area (Å²) in [5.74, 6) is 0.225. The van der Waals surface area contributed by atoms with E-state index in [1.165, 1.54) is 0 Å². The summed E-state index contributed by atoms with van der Waals surface area (Å²) in [6.07, 6.45) is 0.918. The van der Waals surface area contributed by atoms with Crippen LogP contribution in [-0.2, 0) is 4.79 Å². The number of hydrogen-bond acceptors (Lipinski definition) is 3. The van der Waals surface area contributed by atoms with Crippen LogP contribution in [0.2, 0.25) is 0 Å². The summed E-state index contributed by atoms with van der Waals surface area (Å²) in [5, 5.41) is 2.75. The van der Waals surface area contributed by atoms with Gasteiger partial charge in [-0.3, -0.25) is 9.79 Å². The minimum absolute atomic E-state index is 0.0648. The summed E-state index contributed by atoms with van der Waals surface area (Å²) in [4.78, 5) is 17.8. The normalized spacial score (nSPS) is 30.6. The molecule has 0 aromatic heterocycles. The lowest BCUT2D eigenvalue weighted by Gasteiger charge is -2.32. The molecule has 4 nitrogen and oxygen atoms in total. The van der Waals surface area contributed by atoms with E-state index in [0.717, 1.165) is 25.2 Å². The second-order valence-corrected chi connectivity index (χ2v) is 3.43. The fourth-order valence-electron chi connectivity index (χ4n) is 1.77. The van der Waals surface area contributed by atoms with Gasteiger partial charge in [0.25, 0.3) is 0 Å². The summed E-state index contributed by atoms with van der Waals surface area (Å²) in [6.45, 7) is 2.33. The van der Waals surface area contributed by atoms with Crippen LogP contribution in [0, 0.1) is 5.92 Å². The summed E-state index contributed by atoms with van der Waals surface area (Å²) < 4.78 is 0. The molecule has 1 fully saturated rings. The van der Waals surface area contributed by atoms with Crippen molar-refractivity contribution in [2.45, 2.75) is 6.42 Å². The molecule has 2 heterocycles. The molecule has 2 aliphatic rings. The first kappa shape index (κ1) is 7.73. The van der Waals surface area contributed by atoms with E-state index in [9.17, 15) is 4.79 Å². The highest BCUT2D eigenvalue weighted by molar-refractivity contribution is 6.06. The van der Waals surface area contributed by atoms with Crippen molar-refractivity contribution in [3.63, 3.8) is 0 Å². The van der Waals surface area contributed by atoms with Crippen molar-refractivity contribution in [3.8, 4) is 0 Å². The number of hydrogen-bond donors (Lipinski definition) is 1. The molecule has 0 spiro atoms. The quantitative estimate of drug-likeness (QED) is 0.527. The van der Waals surface area contributed by atoms with Gasteiger partial charge in [-0.05, 0) is 20.0 Å². The van der Waals surface area contributed by atoms with Gasteiger partial charge in [-0.15, -0.1) is 0 Å². The minimum atomic E-state index is 0.0648. The first-order valence-corrected chi connectivity index (χ1v) is 4.27. The van der Waals surface area contributed by atoms with E-state index in [4.69, 9.17) is 0 Å². The largest absolute Gasteiger partial charge is 0.336 e. The second-order valence-electron chi connectivity index (χ2n) is 3.43. The Morgan fingerprint density at radius 2 is 2.50 bits per heavy atom. The zero-order valence-corrected chi connectivity index (χ0v) is 7.21. The molecule has 0 radical (unpaired) electrons. The molecule has 1 N–H and O–H groups in total. The van der Waals surface area contributed by atoms with E-state index in [-0.39, 0.29) is 11.8 Å². The summed E-state index contributed by atoms with van der Waals surface area (Å²) in [5.41, 5.74) is 1.06. The van der Waals surface area contributed by atoms with Gasteiger partial charge >= 0.3 is 0 Å². The van der Waals surface area contributed by atoms with Gasteiger partial charge in [0.2, 0.25) is 5.91 Å². The van der Waals surface area contributed by atoms with Gasteiger partial charge in [0.1, 0.15) is 6.67 Å². The van der Waals surface area contributed by atoms with Crippen LogP contribution < -0.4 is 5.32 Å². The number of piperidine rings is 1. The monoisotopic (exact) mass is 167 g/mol. The minimum Gasteiger partial charge on any atom is -0.336 e. The Morgan fingerprint density at radius 1 is 1.67 bits per heavy atom. The zero-order chi connectivity index (χ0) is 8.55. The molecule has 0 aromatic rings. The van der Waals surface area contributed by atoms with Gasteiger partial charge in [-0.1, -0.05) is 0 Å². The Morgan fingerprint density at radius 3 is 3.33 bits per heavy atom. The van der Waals surface area contributed by atoms with Crippen molar-refractivity contribution in [1.29, 1.82) is 0 Å². The number of rotatable bonds is 0. The first-order valence-electron chi connectivity index (χ1n) is 4.27. The van der Waals surface area contributed by atoms with Gasteiger partial charge in [-0.2, -0.15) is 0 Å². The summed E-state index contributed by atoms with van der Waals surface area (Å²) >= 11 is 0. The predicted molar refractivity (Wildman–Crippen MR) is 46.0 cm³/mol. The molecule has 4 heteroatoms. The van der Waals surface area contributed by atoms with Crippen molar-refractivity contribution >= 4 is 11.6 Å². The third-order valence-corrected chi connectivity index (χ3v) is 2.49. The van der Waals surface area contributed by atoms with Crippen molar-refractivity contribution < 1.29 is 4.79 Å². The number of nitrogens with zero attached hydrogens (tertiary/aromatic N) is 2. The average Bonchev–Trinajstić information content (AvgIpc) is 2.04. The topological polar surface area (TPSA) is 44.7 Å². The third kappa shape index (κ3) is 1.22. The van der Waals surface area contributed by atoms with Crippen molar-refractivity contribution in [1.82, 2.24) is 10.2 Å². The summed E-state index contributed by atoms with van der Waals surface area (Å²) in [7, 11) is 2.06. The van der Waals surface area contributed by atoms with E-state index in [1.54, 1.807) is 0 Å². The second kappa shape index (κ2) is 2.86. The SMILES string of the molecule is CN1CCC2C(=O)NCN=C2C1. The van der Waals surface area contributed by atoms with E-state index in [2.05, 4.69) is 22.3 Å². The number of carbonyl (C=O) groups is 1. The van der Waals surface area contributed by atoms with Crippen molar-refractivity contribution in [2.75, 3.05) is 26.8 Å². The lowest BCUT2D eigenvalue weighted by molar-refractivity contribution is -0.123. The first-order chi connectivity index (χ1) is 5.77. The number of aliphatic imine (C=N–C) groups is 1. The Kier molecular flexibility index (Phi) is 1.84. The zero-order valence-electron chi connectivity index (χ0n) is 7.21. The molecule has 0 aromatic carbocycles. The molecule has 0 aliphatic carbocycles. The maximum absolute atomic E-state index is 11.3. The van der Waals surface area contributed by atoms with Crippen LogP contribution in [-0.4, -0.2) is 43.3 Å². The number of fused-ring (bicyclic) bond motifs is 1. The maximum Gasteiger partial charge on any atom is 0.230 e. The van der Waals surface area contributed by atoms with Gasteiger partial charge < -0.3 is 10.2 Å². The maximum atomic E-state index is 11.3.